The van der Waals surface area contributed by atoms with Gasteiger partial charge in [-0.2, -0.15) is 4.98 Å². The second-order valence-electron chi connectivity index (χ2n) is 11.6. The van der Waals surface area contributed by atoms with Crippen molar-refractivity contribution in [1.82, 2.24) is 20.0 Å². The first-order valence-corrected chi connectivity index (χ1v) is 15.7. The van der Waals surface area contributed by atoms with Crippen molar-refractivity contribution in [2.75, 3.05) is 49.7 Å². The second kappa shape index (κ2) is 10.7. The number of alkyl halides is 2. The highest BCUT2D eigenvalue weighted by Crippen LogP contribution is 2.54. The molecule has 1 aromatic carbocycles. The van der Waals surface area contributed by atoms with Crippen LogP contribution in [0.1, 0.15) is 49.3 Å². The molecular formula is C28H35F2N7O4S. The van der Waals surface area contributed by atoms with Gasteiger partial charge in [-0.1, -0.05) is 11.3 Å². The summed E-state index contributed by atoms with van der Waals surface area (Å²) in [5, 5.41) is 22.8. The standard InChI is InChI=1S/C28H35F2N7O4S/c1-41-26-16-20(15-25(32-26)36-12-8-28(29,30)9-13-36)21-17-37(34-33-21)22-3-2-19(24(18-38)42(31,39)40)14-23(22)35-10-6-27(4-5-27)7-11-35/h2-3,14-17,24,38H,4-13,18H2,1H3,(H2,31,39,40). The van der Waals surface area contributed by atoms with Gasteiger partial charge in [0.25, 0.3) is 5.92 Å². The molecule has 1 unspecified atom stereocenters. The number of anilines is 2. The molecule has 0 radical (unpaired) electrons. The van der Waals surface area contributed by atoms with Crippen molar-refractivity contribution in [3.8, 4) is 22.8 Å². The van der Waals surface area contributed by atoms with Gasteiger partial charge >= 0.3 is 0 Å². The van der Waals surface area contributed by atoms with E-state index >= 15 is 0 Å². The molecule has 14 heteroatoms. The van der Waals surface area contributed by atoms with E-state index in [2.05, 4.69) is 20.2 Å². The third-order valence-electron chi connectivity index (χ3n) is 8.91. The number of halogens is 2. The van der Waals surface area contributed by atoms with Crippen LogP contribution in [0.2, 0.25) is 0 Å². The van der Waals surface area contributed by atoms with Gasteiger partial charge in [0.2, 0.25) is 15.9 Å². The zero-order valence-electron chi connectivity index (χ0n) is 23.4. The Bertz CT molecular complexity index is 1560. The molecule has 11 nitrogen and oxygen atoms in total. The molecule has 42 heavy (non-hydrogen) atoms. The van der Waals surface area contributed by atoms with Crippen LogP contribution in [0.3, 0.4) is 0 Å². The highest BCUT2D eigenvalue weighted by atomic mass is 32.2. The Morgan fingerprint density at radius 1 is 1.00 bits per heavy atom. The average Bonchev–Trinajstić information content (AvgIpc) is 3.52. The van der Waals surface area contributed by atoms with Crippen molar-refractivity contribution in [3.05, 3.63) is 42.1 Å². The van der Waals surface area contributed by atoms with Crippen molar-refractivity contribution >= 4 is 21.5 Å². The summed E-state index contributed by atoms with van der Waals surface area (Å²) in [5.41, 5.74) is 3.52. The molecule has 1 atom stereocenters. The number of nitrogens with two attached hydrogens (primary N) is 1. The number of ether oxygens (including phenoxy) is 1. The number of sulfonamides is 1. The van der Waals surface area contributed by atoms with Gasteiger partial charge in [-0.3, -0.25) is 0 Å². The number of rotatable bonds is 8. The summed E-state index contributed by atoms with van der Waals surface area (Å²) >= 11 is 0. The predicted octanol–water partition coefficient (Wildman–Crippen LogP) is 3.28. The summed E-state index contributed by atoms with van der Waals surface area (Å²) in [6.07, 6.45) is 5.88. The van der Waals surface area contributed by atoms with E-state index in [0.717, 1.165) is 31.6 Å². The van der Waals surface area contributed by atoms with Gasteiger partial charge in [0.15, 0.2) is 0 Å². The fourth-order valence-electron chi connectivity index (χ4n) is 5.97. The molecule has 3 N–H and O–H groups in total. The molecular weight excluding hydrogens is 568 g/mol. The minimum Gasteiger partial charge on any atom is -0.481 e. The predicted molar refractivity (Wildman–Crippen MR) is 154 cm³/mol. The number of primary sulfonamides is 1. The van der Waals surface area contributed by atoms with Crippen LogP contribution in [0, 0.1) is 5.41 Å². The van der Waals surface area contributed by atoms with E-state index < -0.39 is 27.8 Å². The second-order valence-corrected chi connectivity index (χ2v) is 13.4. The van der Waals surface area contributed by atoms with Gasteiger partial charge in [-0.25, -0.2) is 27.0 Å². The van der Waals surface area contributed by atoms with Crippen molar-refractivity contribution in [2.24, 2.45) is 10.6 Å². The number of hydrogen-bond donors (Lipinski definition) is 2. The van der Waals surface area contributed by atoms with Crippen LogP contribution in [0.4, 0.5) is 20.3 Å². The lowest BCUT2D eigenvalue weighted by Gasteiger charge is -2.35. The smallest absolute Gasteiger partial charge is 0.251 e. The Kier molecular flexibility index (Phi) is 7.34. The fraction of sp³-hybridized carbons (Fsp3) is 0.536. The lowest BCUT2D eigenvalue weighted by atomic mass is 9.93. The third kappa shape index (κ3) is 5.79. The molecule has 3 aromatic rings. The maximum atomic E-state index is 13.8. The molecule has 2 aliphatic heterocycles. The highest BCUT2D eigenvalue weighted by Gasteiger charge is 2.44. The number of nitrogens with zero attached hydrogens (tertiary/aromatic N) is 6. The minimum absolute atomic E-state index is 0.180. The molecule has 1 aliphatic carbocycles. The van der Waals surface area contributed by atoms with Gasteiger partial charge < -0.3 is 19.6 Å². The quantitative estimate of drug-likeness (QED) is 0.397. The highest BCUT2D eigenvalue weighted by molar-refractivity contribution is 7.89. The van der Waals surface area contributed by atoms with Crippen molar-refractivity contribution < 1.29 is 27.0 Å². The number of aliphatic hydroxyl groups excluding tert-OH is 1. The van der Waals surface area contributed by atoms with Gasteiger partial charge in [-0.15, -0.1) is 5.10 Å². The zero-order chi connectivity index (χ0) is 29.7. The van der Waals surface area contributed by atoms with Crippen LogP contribution in [-0.2, 0) is 10.0 Å². The first-order valence-electron chi connectivity index (χ1n) is 14.1. The van der Waals surface area contributed by atoms with E-state index in [1.165, 1.54) is 20.0 Å². The number of aromatic nitrogens is 4. The van der Waals surface area contributed by atoms with Gasteiger partial charge in [0.1, 0.15) is 16.8 Å². The van der Waals surface area contributed by atoms with E-state index in [0.29, 0.717) is 39.6 Å². The number of pyridine rings is 1. The fourth-order valence-corrected chi connectivity index (χ4v) is 6.70. The largest absolute Gasteiger partial charge is 0.481 e. The Morgan fingerprint density at radius 2 is 1.69 bits per heavy atom. The summed E-state index contributed by atoms with van der Waals surface area (Å²) in [6.45, 7) is 1.36. The van der Waals surface area contributed by atoms with Crippen LogP contribution < -0.4 is 19.7 Å². The maximum absolute atomic E-state index is 13.8. The normalized spacial score (nSPS) is 20.5. The van der Waals surface area contributed by atoms with Crippen molar-refractivity contribution in [2.45, 2.75) is 49.7 Å². The number of hydrogen-bond acceptors (Lipinski definition) is 9. The van der Waals surface area contributed by atoms with Gasteiger partial charge in [0, 0.05) is 50.7 Å². The van der Waals surface area contributed by atoms with E-state index in [4.69, 9.17) is 9.88 Å². The Labute approximate surface area is 243 Å². The van der Waals surface area contributed by atoms with Gasteiger partial charge in [0.05, 0.1) is 31.3 Å². The lowest BCUT2D eigenvalue weighted by Crippen LogP contribution is -2.39. The van der Waals surface area contributed by atoms with Crippen LogP contribution in [-0.4, -0.2) is 79.3 Å². The third-order valence-corrected chi connectivity index (χ3v) is 10.1. The van der Waals surface area contributed by atoms with Crippen LogP contribution in [0.15, 0.2) is 36.5 Å². The summed E-state index contributed by atoms with van der Waals surface area (Å²) in [6, 6.07) is 8.69. The van der Waals surface area contributed by atoms with Crippen LogP contribution >= 0.6 is 0 Å². The molecule has 226 valence electrons. The molecule has 4 heterocycles. The number of benzene rings is 1. The summed E-state index contributed by atoms with van der Waals surface area (Å²) in [7, 11) is -2.53. The first-order chi connectivity index (χ1) is 20.0. The molecule has 6 rings (SSSR count). The minimum atomic E-state index is -4.03. The Hall–Kier alpha value is -3.36. The Balaban J connectivity index is 1.35. The molecule has 2 saturated heterocycles. The SMILES string of the molecule is COc1cc(-c2cn(-c3ccc(C(CO)S(N)(=O)=O)cc3N3CCC4(CC3)CC4)nn2)cc(N2CCC(F)(F)CC2)n1. The molecule has 3 aliphatic rings. The van der Waals surface area contributed by atoms with Crippen LogP contribution in [0.25, 0.3) is 16.9 Å². The topological polar surface area (TPSA) is 140 Å². The van der Waals surface area contributed by atoms with Gasteiger partial charge in [-0.05, 0) is 54.9 Å². The molecule has 3 fully saturated rings. The zero-order valence-corrected chi connectivity index (χ0v) is 24.2. The van der Waals surface area contributed by atoms with Crippen molar-refractivity contribution in [1.29, 1.82) is 0 Å². The number of piperidine rings is 2. The number of aliphatic hydroxyl groups is 1. The molecule has 2 aromatic heterocycles. The van der Waals surface area contributed by atoms with E-state index in [1.807, 2.05) is 4.90 Å². The van der Waals surface area contributed by atoms with Crippen molar-refractivity contribution in [3.63, 3.8) is 0 Å². The van der Waals surface area contributed by atoms with Crippen LogP contribution in [0.5, 0.6) is 5.88 Å². The van der Waals surface area contributed by atoms with E-state index in [9.17, 15) is 22.3 Å². The summed E-state index contributed by atoms with van der Waals surface area (Å²) < 4.78 is 59.0. The monoisotopic (exact) mass is 603 g/mol. The molecule has 1 saturated carbocycles. The lowest BCUT2D eigenvalue weighted by molar-refractivity contribution is -0.0221. The molecule has 0 amide bonds. The maximum Gasteiger partial charge on any atom is 0.251 e. The number of methoxy groups -OCH3 is 1. The molecule has 1 spiro atoms. The Morgan fingerprint density at radius 3 is 2.31 bits per heavy atom. The van der Waals surface area contributed by atoms with E-state index in [1.54, 1.807) is 41.2 Å². The summed E-state index contributed by atoms with van der Waals surface area (Å²) in [4.78, 5) is 8.52. The molecule has 0 bridgehead atoms. The average molecular weight is 604 g/mol. The summed E-state index contributed by atoms with van der Waals surface area (Å²) in [5.74, 6) is -1.81. The first kappa shape index (κ1) is 28.7. The van der Waals surface area contributed by atoms with E-state index in [-0.39, 0.29) is 25.9 Å².